The number of hydrogen-bond donors (Lipinski definition) is 0. The molecule has 5 aromatic carbocycles. The minimum atomic E-state index is -1.23. The van der Waals surface area contributed by atoms with Crippen molar-refractivity contribution in [3.63, 3.8) is 0 Å². The Bertz CT molecular complexity index is 2320. The van der Waals surface area contributed by atoms with Gasteiger partial charge in [0.2, 0.25) is 0 Å². The van der Waals surface area contributed by atoms with Gasteiger partial charge in [-0.1, -0.05) is 90.9 Å². The topological polar surface area (TPSA) is 43.9 Å². The second kappa shape index (κ2) is 13.8. The molecule has 4 nitrogen and oxygen atoms in total. The van der Waals surface area contributed by atoms with Crippen LogP contribution in [0.1, 0.15) is 6.92 Å². The third-order valence-electron chi connectivity index (χ3n) is 8.42. The fraction of sp³-hybridized carbons (Fsp3) is 0.122. The average Bonchev–Trinajstić information content (AvgIpc) is 3.68. The number of benzene rings is 5. The maximum Gasteiger partial charge on any atom is 0.123 e. The predicted molar refractivity (Wildman–Crippen MR) is 194 cm³/mol. The normalized spacial score (nSPS) is 11.4. The van der Waals surface area contributed by atoms with E-state index in [1.807, 2.05) is 72.9 Å². The number of halogens is 1. The van der Waals surface area contributed by atoms with Crippen molar-refractivity contribution in [3.05, 3.63) is 139 Å². The molecule has 3 aromatic heterocycles. The molecule has 3 heterocycles. The van der Waals surface area contributed by atoms with Crippen LogP contribution in [0.5, 0.6) is 0 Å². The fourth-order valence-corrected chi connectivity index (χ4v) is 6.97. The van der Waals surface area contributed by atoms with Gasteiger partial charge in [0.1, 0.15) is 11.4 Å². The van der Waals surface area contributed by atoms with Crippen LogP contribution in [0.2, 0.25) is 19.6 Å². The first kappa shape index (κ1) is 33.2. The SMILES string of the molecule is CCn1c(-c2[c-]cc(-c3ccc(F)cc3)c3c2oc2ccccc23)nc2ccccc21.C[Si](C)(C)c1ccc(-c2[c-]cccc2)nc1.[Ir]. The Balaban J connectivity index is 0.000000201. The van der Waals surface area contributed by atoms with Crippen molar-refractivity contribution < 1.29 is 28.9 Å². The first-order chi connectivity index (χ1) is 22.8. The number of pyridine rings is 1. The Morgan fingerprint density at radius 3 is 2.29 bits per heavy atom. The van der Waals surface area contributed by atoms with Crippen LogP contribution in [0, 0.1) is 17.9 Å². The number of hydrogen-bond acceptors (Lipinski definition) is 3. The van der Waals surface area contributed by atoms with Crippen LogP contribution >= 0.6 is 0 Å². The second-order valence-corrected chi connectivity index (χ2v) is 17.6. The summed E-state index contributed by atoms with van der Waals surface area (Å²) in [5.74, 6) is 0.577. The molecule has 0 aliphatic heterocycles. The number of aryl methyl sites for hydroxylation is 1. The smallest absolute Gasteiger partial charge is 0.123 e. The molecule has 0 bridgehead atoms. The van der Waals surface area contributed by atoms with Gasteiger partial charge in [-0.2, -0.15) is 0 Å². The van der Waals surface area contributed by atoms with E-state index in [9.17, 15) is 4.39 Å². The fourth-order valence-electron chi connectivity index (χ4n) is 5.93. The van der Waals surface area contributed by atoms with E-state index in [1.54, 1.807) is 12.1 Å². The van der Waals surface area contributed by atoms with E-state index in [1.165, 1.54) is 17.3 Å². The van der Waals surface area contributed by atoms with Crippen molar-refractivity contribution in [1.29, 1.82) is 0 Å². The monoisotopic (exact) mass is 824 g/mol. The number of fused-ring (bicyclic) bond motifs is 4. The van der Waals surface area contributed by atoms with Crippen molar-refractivity contribution in [2.75, 3.05) is 0 Å². The van der Waals surface area contributed by atoms with E-state index in [0.717, 1.165) is 73.3 Å². The van der Waals surface area contributed by atoms with Crippen molar-refractivity contribution in [3.8, 4) is 33.8 Å². The summed E-state index contributed by atoms with van der Waals surface area (Å²) in [4.78, 5) is 9.43. The van der Waals surface area contributed by atoms with Crippen molar-refractivity contribution in [1.82, 2.24) is 14.5 Å². The summed E-state index contributed by atoms with van der Waals surface area (Å²) >= 11 is 0. The molecule has 8 rings (SSSR count). The molecule has 0 amide bonds. The number of rotatable bonds is 5. The third kappa shape index (κ3) is 6.41. The van der Waals surface area contributed by atoms with Gasteiger partial charge in [0, 0.05) is 38.2 Å². The van der Waals surface area contributed by atoms with Crippen LogP contribution in [-0.2, 0) is 26.7 Å². The molecule has 7 heteroatoms. The minimum absolute atomic E-state index is 0. The Morgan fingerprint density at radius 1 is 0.833 bits per heavy atom. The summed E-state index contributed by atoms with van der Waals surface area (Å²) in [5, 5.41) is 3.41. The van der Waals surface area contributed by atoms with Gasteiger partial charge in [-0.3, -0.25) is 4.98 Å². The van der Waals surface area contributed by atoms with Gasteiger partial charge in [-0.25, -0.2) is 4.39 Å². The minimum Gasteiger partial charge on any atom is -0.501 e. The molecule has 0 aliphatic rings. The molecule has 0 unspecified atom stereocenters. The Morgan fingerprint density at radius 2 is 1.58 bits per heavy atom. The van der Waals surface area contributed by atoms with Crippen LogP contribution < -0.4 is 5.19 Å². The van der Waals surface area contributed by atoms with Gasteiger partial charge in [0.15, 0.2) is 0 Å². The zero-order chi connectivity index (χ0) is 32.5. The summed E-state index contributed by atoms with van der Waals surface area (Å²) in [5.41, 5.74) is 8.35. The molecule has 0 fully saturated rings. The molecular weight excluding hydrogens is 790 g/mol. The first-order valence-electron chi connectivity index (χ1n) is 15.8. The number of para-hydroxylation sites is 3. The van der Waals surface area contributed by atoms with Crippen molar-refractivity contribution >= 4 is 46.2 Å². The molecule has 1 radical (unpaired) electrons. The predicted octanol–water partition coefficient (Wildman–Crippen LogP) is 10.3. The molecular formula is C41H34FIrN3OSi-2. The van der Waals surface area contributed by atoms with Crippen LogP contribution in [0.3, 0.4) is 0 Å². The molecule has 0 saturated heterocycles. The van der Waals surface area contributed by atoms with Gasteiger partial charge in [0.25, 0.3) is 0 Å². The van der Waals surface area contributed by atoms with E-state index in [0.29, 0.717) is 0 Å². The zero-order valence-electron chi connectivity index (χ0n) is 27.2. The average molecular weight is 824 g/mol. The van der Waals surface area contributed by atoms with Gasteiger partial charge in [0.05, 0.1) is 30.5 Å². The number of furan rings is 1. The van der Waals surface area contributed by atoms with Gasteiger partial charge >= 0.3 is 0 Å². The van der Waals surface area contributed by atoms with Crippen molar-refractivity contribution in [2.45, 2.75) is 33.1 Å². The van der Waals surface area contributed by atoms with Gasteiger partial charge in [-0.05, 0) is 53.5 Å². The molecule has 0 spiro atoms. The van der Waals surface area contributed by atoms with Crippen LogP contribution in [-0.4, -0.2) is 22.6 Å². The van der Waals surface area contributed by atoms with E-state index >= 15 is 0 Å². The second-order valence-electron chi connectivity index (χ2n) is 12.5. The van der Waals surface area contributed by atoms with E-state index in [4.69, 9.17) is 9.40 Å². The Kier molecular flexibility index (Phi) is 9.56. The maximum absolute atomic E-state index is 13.5. The summed E-state index contributed by atoms with van der Waals surface area (Å²) in [7, 11) is -1.23. The summed E-state index contributed by atoms with van der Waals surface area (Å²) in [6.45, 7) is 9.89. The molecule has 241 valence electrons. The van der Waals surface area contributed by atoms with Crippen LogP contribution in [0.4, 0.5) is 4.39 Å². The summed E-state index contributed by atoms with van der Waals surface area (Å²) < 4.78 is 22.1. The molecule has 0 N–H and O–H groups in total. The quantitative estimate of drug-likeness (QED) is 0.128. The zero-order valence-corrected chi connectivity index (χ0v) is 30.6. The van der Waals surface area contributed by atoms with Crippen molar-refractivity contribution in [2.24, 2.45) is 0 Å². The number of nitrogens with zero attached hydrogens (tertiary/aromatic N) is 3. The number of aromatic nitrogens is 3. The largest absolute Gasteiger partial charge is 0.501 e. The Hall–Kier alpha value is -4.68. The summed E-state index contributed by atoms with van der Waals surface area (Å²) in [6, 6.07) is 43.5. The molecule has 0 saturated carbocycles. The first-order valence-corrected chi connectivity index (χ1v) is 19.3. The molecule has 8 aromatic rings. The summed E-state index contributed by atoms with van der Waals surface area (Å²) in [6.07, 6.45) is 2.02. The Labute approximate surface area is 294 Å². The maximum atomic E-state index is 13.5. The van der Waals surface area contributed by atoms with E-state index < -0.39 is 8.07 Å². The van der Waals surface area contributed by atoms with E-state index in [-0.39, 0.29) is 25.9 Å². The van der Waals surface area contributed by atoms with Gasteiger partial charge in [-0.15, -0.1) is 48.0 Å². The van der Waals surface area contributed by atoms with E-state index in [2.05, 4.69) is 72.5 Å². The number of imidazole rings is 1. The van der Waals surface area contributed by atoms with Crippen LogP contribution in [0.15, 0.2) is 126 Å². The van der Waals surface area contributed by atoms with Gasteiger partial charge < -0.3 is 14.0 Å². The van der Waals surface area contributed by atoms with Crippen LogP contribution in [0.25, 0.3) is 66.7 Å². The standard InChI is InChI=1S/C27H18FN2O.C14H16NSi.Ir/c1-2-30-23-9-5-4-8-22(23)29-27(30)21-16-15-19(17-11-13-18(28)14-12-17)25-20-7-3-6-10-24(20)31-26(21)25;1-16(2,3)13-9-10-14(15-11-13)12-7-5-4-6-8-12;/h3-15H,2H2,1H3;4-7,9-11H,1-3H3;/q2*-1;. The molecule has 0 atom stereocenters. The molecule has 48 heavy (non-hydrogen) atoms. The third-order valence-corrected chi connectivity index (χ3v) is 10.4. The molecule has 0 aliphatic carbocycles.